The van der Waals surface area contributed by atoms with Gasteiger partial charge in [0.25, 0.3) is 10.1 Å². The van der Waals surface area contributed by atoms with Crippen LogP contribution in [0.2, 0.25) is 0 Å². The molecule has 0 fully saturated rings. The minimum Gasteiger partial charge on any atom is -0.258 e. The van der Waals surface area contributed by atoms with Crippen LogP contribution in [0.1, 0.15) is 49.1 Å². The zero-order valence-corrected chi connectivity index (χ0v) is 16.1. The summed E-state index contributed by atoms with van der Waals surface area (Å²) >= 11 is 0. The largest absolute Gasteiger partial charge is 0.297 e. The first kappa shape index (κ1) is 18.7. The van der Waals surface area contributed by atoms with Gasteiger partial charge in [-0.25, -0.2) is 0 Å². The van der Waals surface area contributed by atoms with Gasteiger partial charge in [-0.05, 0) is 43.9 Å². The quantitative estimate of drug-likeness (QED) is 0.723. The van der Waals surface area contributed by atoms with Crippen LogP contribution in [-0.2, 0) is 14.3 Å². The Bertz CT molecular complexity index is 793. The third-order valence-corrected chi connectivity index (χ3v) is 5.16. The first-order chi connectivity index (χ1) is 11.0. The summed E-state index contributed by atoms with van der Waals surface area (Å²) in [6, 6.07) is 12.8. The fraction of sp³-hybridized carbons (Fsp3) is 0.400. The second-order valence-electron chi connectivity index (χ2n) is 7.53. The molecule has 0 aromatic heterocycles. The summed E-state index contributed by atoms with van der Waals surface area (Å²) in [4.78, 5) is 0.187. The molecule has 4 heteroatoms. The number of hydrogen-bond donors (Lipinski definition) is 0. The van der Waals surface area contributed by atoms with Gasteiger partial charge in [-0.2, -0.15) is 8.42 Å². The van der Waals surface area contributed by atoms with E-state index in [0.29, 0.717) is 0 Å². The van der Waals surface area contributed by atoms with Crippen LogP contribution in [-0.4, -0.2) is 8.42 Å². The molecule has 0 radical (unpaired) electrons. The lowest BCUT2D eigenvalue weighted by Gasteiger charge is -2.31. The topological polar surface area (TPSA) is 43.4 Å². The van der Waals surface area contributed by atoms with E-state index < -0.39 is 16.2 Å². The molecule has 0 amide bonds. The van der Waals surface area contributed by atoms with Gasteiger partial charge in [0, 0.05) is 0 Å². The molecular weight excluding hydrogens is 320 g/mol. The molecule has 3 nitrogen and oxygen atoms in total. The summed E-state index contributed by atoms with van der Waals surface area (Å²) in [5.41, 5.74) is 3.72. The summed E-state index contributed by atoms with van der Waals surface area (Å²) in [6.07, 6.45) is -0.553. The Labute approximate surface area is 145 Å². The van der Waals surface area contributed by atoms with Gasteiger partial charge in [0.1, 0.15) is 6.10 Å². The van der Waals surface area contributed by atoms with E-state index in [1.165, 1.54) is 0 Å². The van der Waals surface area contributed by atoms with Crippen LogP contribution in [0.5, 0.6) is 0 Å². The molecule has 0 aliphatic carbocycles. The number of aryl methyl sites for hydroxylation is 3. The maximum Gasteiger partial charge on any atom is 0.297 e. The Hall–Kier alpha value is -1.65. The highest BCUT2D eigenvalue weighted by atomic mass is 32.2. The van der Waals surface area contributed by atoms with E-state index in [1.54, 1.807) is 24.3 Å². The lowest BCUT2D eigenvalue weighted by Crippen LogP contribution is -2.24. The summed E-state index contributed by atoms with van der Waals surface area (Å²) in [6.45, 7) is 11.9. The van der Waals surface area contributed by atoms with E-state index in [1.807, 2.05) is 53.7 Å². The highest BCUT2D eigenvalue weighted by Gasteiger charge is 2.33. The Morgan fingerprint density at radius 1 is 0.833 bits per heavy atom. The second kappa shape index (κ2) is 6.69. The van der Waals surface area contributed by atoms with Crippen molar-refractivity contribution in [2.24, 2.45) is 5.41 Å². The summed E-state index contributed by atoms with van der Waals surface area (Å²) in [5, 5.41) is 0. The molecule has 0 heterocycles. The Morgan fingerprint density at radius 2 is 1.33 bits per heavy atom. The standard InChI is InChI=1S/C20H26O3S/c1-14-7-9-18(10-8-14)24(21,22)23-19(20(4,5)6)17-12-15(2)11-16(3)13-17/h7-13,19H,1-6H3. The van der Waals surface area contributed by atoms with Crippen molar-refractivity contribution in [3.05, 3.63) is 64.7 Å². The normalized spacial score (nSPS) is 13.8. The van der Waals surface area contributed by atoms with E-state index in [2.05, 4.69) is 6.07 Å². The first-order valence-electron chi connectivity index (χ1n) is 8.07. The van der Waals surface area contributed by atoms with Crippen LogP contribution in [0.15, 0.2) is 47.4 Å². The predicted molar refractivity (Wildman–Crippen MR) is 97.6 cm³/mol. The van der Waals surface area contributed by atoms with Crippen molar-refractivity contribution >= 4 is 10.1 Å². The van der Waals surface area contributed by atoms with Gasteiger partial charge in [0.2, 0.25) is 0 Å². The second-order valence-corrected chi connectivity index (χ2v) is 9.10. The minimum atomic E-state index is -3.83. The van der Waals surface area contributed by atoms with Crippen molar-refractivity contribution in [1.82, 2.24) is 0 Å². The summed E-state index contributed by atoms with van der Waals surface area (Å²) in [7, 11) is -3.83. The van der Waals surface area contributed by atoms with Crippen molar-refractivity contribution in [3.8, 4) is 0 Å². The van der Waals surface area contributed by atoms with Gasteiger partial charge in [0.05, 0.1) is 4.90 Å². The van der Waals surface area contributed by atoms with Crippen molar-refractivity contribution in [2.45, 2.75) is 52.5 Å². The van der Waals surface area contributed by atoms with Gasteiger partial charge in [0.15, 0.2) is 0 Å². The van der Waals surface area contributed by atoms with Crippen LogP contribution >= 0.6 is 0 Å². The molecule has 1 atom stereocenters. The highest BCUT2D eigenvalue weighted by molar-refractivity contribution is 7.86. The Morgan fingerprint density at radius 3 is 1.79 bits per heavy atom. The molecule has 0 saturated carbocycles. The molecule has 0 bridgehead atoms. The molecule has 2 aromatic rings. The average Bonchev–Trinajstić information content (AvgIpc) is 2.43. The molecule has 0 N–H and O–H groups in total. The van der Waals surface area contributed by atoms with Gasteiger partial charge in [-0.3, -0.25) is 4.18 Å². The Kier molecular flexibility index (Phi) is 5.21. The van der Waals surface area contributed by atoms with E-state index in [4.69, 9.17) is 4.18 Å². The van der Waals surface area contributed by atoms with Gasteiger partial charge in [-0.15, -0.1) is 0 Å². The zero-order valence-electron chi connectivity index (χ0n) is 15.3. The molecule has 24 heavy (non-hydrogen) atoms. The monoisotopic (exact) mass is 346 g/mol. The van der Waals surface area contributed by atoms with Gasteiger partial charge >= 0.3 is 0 Å². The lowest BCUT2D eigenvalue weighted by molar-refractivity contribution is 0.0933. The van der Waals surface area contributed by atoms with Crippen molar-refractivity contribution in [2.75, 3.05) is 0 Å². The van der Waals surface area contributed by atoms with Crippen LogP contribution in [0.3, 0.4) is 0 Å². The maximum atomic E-state index is 12.7. The third-order valence-electron chi connectivity index (χ3n) is 3.87. The molecule has 0 aliphatic rings. The van der Waals surface area contributed by atoms with Crippen molar-refractivity contribution < 1.29 is 12.6 Å². The maximum absolute atomic E-state index is 12.7. The van der Waals surface area contributed by atoms with Crippen molar-refractivity contribution in [3.63, 3.8) is 0 Å². The van der Waals surface area contributed by atoms with E-state index in [9.17, 15) is 8.42 Å². The molecule has 130 valence electrons. The third kappa shape index (κ3) is 4.46. The highest BCUT2D eigenvalue weighted by Crippen LogP contribution is 2.39. The molecule has 0 spiro atoms. The molecule has 1 unspecified atom stereocenters. The smallest absolute Gasteiger partial charge is 0.258 e. The van der Waals surface area contributed by atoms with Gasteiger partial charge in [-0.1, -0.05) is 67.8 Å². The van der Waals surface area contributed by atoms with E-state index in [-0.39, 0.29) is 10.3 Å². The van der Waals surface area contributed by atoms with Crippen LogP contribution in [0, 0.1) is 26.2 Å². The van der Waals surface area contributed by atoms with Crippen molar-refractivity contribution in [1.29, 1.82) is 0 Å². The Balaban J connectivity index is 2.44. The lowest BCUT2D eigenvalue weighted by atomic mass is 9.84. The van der Waals surface area contributed by atoms with Crippen LogP contribution in [0.4, 0.5) is 0 Å². The summed E-state index contributed by atoms with van der Waals surface area (Å²) < 4.78 is 31.1. The predicted octanol–water partition coefficient (Wildman–Crippen LogP) is 5.10. The zero-order chi connectivity index (χ0) is 18.1. The molecular formula is C20H26O3S. The fourth-order valence-corrected chi connectivity index (χ4v) is 3.98. The minimum absolute atomic E-state index is 0.187. The number of hydrogen-bond acceptors (Lipinski definition) is 3. The van der Waals surface area contributed by atoms with Crippen LogP contribution in [0.25, 0.3) is 0 Å². The molecule has 0 saturated heterocycles. The molecule has 2 aromatic carbocycles. The first-order valence-corrected chi connectivity index (χ1v) is 9.48. The fourth-order valence-electron chi connectivity index (χ4n) is 2.75. The van der Waals surface area contributed by atoms with Gasteiger partial charge < -0.3 is 0 Å². The molecule has 0 aliphatic heterocycles. The molecule has 2 rings (SSSR count). The number of benzene rings is 2. The van der Waals surface area contributed by atoms with E-state index >= 15 is 0 Å². The SMILES string of the molecule is Cc1ccc(S(=O)(=O)OC(c2cc(C)cc(C)c2)C(C)(C)C)cc1. The van der Waals surface area contributed by atoms with E-state index in [0.717, 1.165) is 22.3 Å². The summed E-state index contributed by atoms with van der Waals surface area (Å²) in [5.74, 6) is 0. The number of rotatable bonds is 4. The van der Waals surface area contributed by atoms with Crippen LogP contribution < -0.4 is 0 Å². The average molecular weight is 346 g/mol.